The smallest absolute Gasteiger partial charge is 0.0489 e. The quantitative estimate of drug-likeness (QED) is 0.808. The molecule has 1 aromatic rings. The third-order valence-electron chi connectivity index (χ3n) is 3.14. The molecular weight excluding hydrogens is 241 g/mol. The fraction of sp³-hybridized carbons (Fsp3) is 0.538. The van der Waals surface area contributed by atoms with Crippen molar-refractivity contribution in [1.29, 1.82) is 0 Å². The maximum atomic E-state index is 6.29. The van der Waals surface area contributed by atoms with Crippen LogP contribution in [0.3, 0.4) is 0 Å². The van der Waals surface area contributed by atoms with Crippen LogP contribution in [0.5, 0.6) is 0 Å². The van der Waals surface area contributed by atoms with Gasteiger partial charge in [-0.3, -0.25) is 0 Å². The summed E-state index contributed by atoms with van der Waals surface area (Å²) < 4.78 is 0. The number of halogens is 2. The van der Waals surface area contributed by atoms with E-state index in [1.165, 1.54) is 24.8 Å². The number of benzene rings is 1. The number of nitrogens with one attached hydrogen (secondary N) is 1. The number of alkyl halides is 1. The van der Waals surface area contributed by atoms with Gasteiger partial charge < -0.3 is 5.32 Å². The van der Waals surface area contributed by atoms with Crippen LogP contribution in [0.15, 0.2) is 24.3 Å². The first-order chi connectivity index (χ1) is 7.75. The Morgan fingerprint density at radius 3 is 2.81 bits per heavy atom. The molecule has 2 unspecified atom stereocenters. The van der Waals surface area contributed by atoms with Crippen molar-refractivity contribution in [2.24, 2.45) is 0 Å². The first-order valence-electron chi connectivity index (χ1n) is 5.87. The van der Waals surface area contributed by atoms with Crippen molar-refractivity contribution in [1.82, 2.24) is 5.32 Å². The average Bonchev–Trinajstić information content (AvgIpc) is 2.28. The Labute approximate surface area is 107 Å². The van der Waals surface area contributed by atoms with E-state index in [2.05, 4.69) is 11.4 Å². The summed E-state index contributed by atoms with van der Waals surface area (Å²) in [6, 6.07) is 8.43. The van der Waals surface area contributed by atoms with Gasteiger partial charge in [-0.1, -0.05) is 36.6 Å². The Morgan fingerprint density at radius 2 is 2.06 bits per heavy atom. The molecule has 0 aromatic heterocycles. The summed E-state index contributed by atoms with van der Waals surface area (Å²) in [5.41, 5.74) is 1.22. The molecule has 88 valence electrons. The van der Waals surface area contributed by atoms with Crippen LogP contribution in [0.2, 0.25) is 5.02 Å². The van der Waals surface area contributed by atoms with Crippen LogP contribution in [-0.2, 0) is 6.54 Å². The van der Waals surface area contributed by atoms with Gasteiger partial charge in [0.05, 0.1) is 0 Å². The molecule has 2 rings (SSSR count). The third-order valence-corrected chi connectivity index (χ3v) is 3.90. The zero-order valence-electron chi connectivity index (χ0n) is 9.26. The van der Waals surface area contributed by atoms with E-state index >= 15 is 0 Å². The Morgan fingerprint density at radius 1 is 1.25 bits per heavy atom. The third kappa shape index (κ3) is 3.38. The van der Waals surface area contributed by atoms with Crippen LogP contribution in [0.25, 0.3) is 0 Å². The SMILES string of the molecule is Clc1cccc(CNC2CCCCC2Cl)c1. The molecule has 0 amide bonds. The first kappa shape index (κ1) is 12.2. The topological polar surface area (TPSA) is 12.0 Å². The minimum Gasteiger partial charge on any atom is -0.308 e. The van der Waals surface area contributed by atoms with Gasteiger partial charge in [0.15, 0.2) is 0 Å². The van der Waals surface area contributed by atoms with Gasteiger partial charge in [0.2, 0.25) is 0 Å². The molecular formula is C13H17Cl2N. The largest absolute Gasteiger partial charge is 0.308 e. The molecule has 1 saturated carbocycles. The minimum atomic E-state index is 0.285. The molecule has 1 nitrogen and oxygen atoms in total. The zero-order valence-corrected chi connectivity index (χ0v) is 10.8. The number of hydrogen-bond acceptors (Lipinski definition) is 1. The van der Waals surface area contributed by atoms with Gasteiger partial charge in [-0.15, -0.1) is 11.6 Å². The summed E-state index contributed by atoms with van der Waals surface area (Å²) in [4.78, 5) is 0. The fourth-order valence-corrected chi connectivity index (χ4v) is 2.79. The van der Waals surface area contributed by atoms with Crippen LogP contribution in [0, 0.1) is 0 Å². The number of rotatable bonds is 3. The lowest BCUT2D eigenvalue weighted by molar-refractivity contribution is 0.378. The van der Waals surface area contributed by atoms with Crippen molar-refractivity contribution in [2.75, 3.05) is 0 Å². The van der Waals surface area contributed by atoms with Crippen molar-refractivity contribution < 1.29 is 0 Å². The van der Waals surface area contributed by atoms with Crippen molar-refractivity contribution in [3.05, 3.63) is 34.9 Å². The van der Waals surface area contributed by atoms with E-state index in [1.807, 2.05) is 18.2 Å². The minimum absolute atomic E-state index is 0.285. The van der Waals surface area contributed by atoms with Gasteiger partial charge in [-0.2, -0.15) is 0 Å². The Bertz CT molecular complexity index is 340. The zero-order chi connectivity index (χ0) is 11.4. The summed E-state index contributed by atoms with van der Waals surface area (Å²) in [6.07, 6.45) is 4.88. The predicted octanol–water partition coefficient (Wildman–Crippen LogP) is 3.98. The van der Waals surface area contributed by atoms with E-state index in [0.29, 0.717) is 6.04 Å². The molecule has 3 heteroatoms. The van der Waals surface area contributed by atoms with Crippen LogP contribution < -0.4 is 5.32 Å². The van der Waals surface area contributed by atoms with Crippen molar-refractivity contribution in [2.45, 2.75) is 43.6 Å². The highest BCUT2D eigenvalue weighted by Gasteiger charge is 2.22. The monoisotopic (exact) mass is 257 g/mol. The van der Waals surface area contributed by atoms with Gasteiger partial charge in [0.25, 0.3) is 0 Å². The molecule has 0 radical (unpaired) electrons. The predicted molar refractivity (Wildman–Crippen MR) is 70.2 cm³/mol. The Balaban J connectivity index is 1.86. The van der Waals surface area contributed by atoms with E-state index in [9.17, 15) is 0 Å². The molecule has 0 aliphatic heterocycles. The van der Waals surface area contributed by atoms with Crippen LogP contribution in [-0.4, -0.2) is 11.4 Å². The second kappa shape index (κ2) is 5.90. The van der Waals surface area contributed by atoms with Crippen molar-refractivity contribution >= 4 is 23.2 Å². The van der Waals surface area contributed by atoms with E-state index in [-0.39, 0.29) is 5.38 Å². The van der Waals surface area contributed by atoms with Crippen LogP contribution in [0.1, 0.15) is 31.2 Å². The van der Waals surface area contributed by atoms with E-state index in [4.69, 9.17) is 23.2 Å². The Kier molecular flexibility index (Phi) is 4.51. The van der Waals surface area contributed by atoms with Crippen LogP contribution >= 0.6 is 23.2 Å². The standard InChI is InChI=1S/C13H17Cl2N/c14-11-5-3-4-10(8-11)9-16-13-7-2-1-6-12(13)15/h3-5,8,12-13,16H,1-2,6-7,9H2. The second-order valence-corrected chi connectivity index (χ2v) is 5.41. The van der Waals surface area contributed by atoms with Crippen molar-refractivity contribution in [3.8, 4) is 0 Å². The number of hydrogen-bond donors (Lipinski definition) is 1. The molecule has 16 heavy (non-hydrogen) atoms. The summed E-state index contributed by atoms with van der Waals surface area (Å²) in [6.45, 7) is 0.856. The highest BCUT2D eigenvalue weighted by Crippen LogP contribution is 2.23. The van der Waals surface area contributed by atoms with E-state index in [0.717, 1.165) is 18.0 Å². The molecule has 0 bridgehead atoms. The van der Waals surface area contributed by atoms with E-state index < -0.39 is 0 Å². The molecule has 1 aliphatic carbocycles. The molecule has 0 spiro atoms. The summed E-state index contributed by atoms with van der Waals surface area (Å²) in [5, 5.41) is 4.61. The average molecular weight is 258 g/mol. The molecule has 1 aromatic carbocycles. The lowest BCUT2D eigenvalue weighted by Crippen LogP contribution is -2.38. The van der Waals surface area contributed by atoms with Gasteiger partial charge >= 0.3 is 0 Å². The summed E-state index contributed by atoms with van der Waals surface area (Å²) in [5.74, 6) is 0. The molecule has 1 aliphatic rings. The fourth-order valence-electron chi connectivity index (χ4n) is 2.21. The normalized spacial score (nSPS) is 25.6. The molecule has 0 saturated heterocycles. The van der Waals surface area contributed by atoms with E-state index in [1.54, 1.807) is 0 Å². The second-order valence-electron chi connectivity index (χ2n) is 4.42. The van der Waals surface area contributed by atoms with Gasteiger partial charge in [0, 0.05) is 23.0 Å². The lowest BCUT2D eigenvalue weighted by Gasteiger charge is -2.28. The molecule has 0 heterocycles. The van der Waals surface area contributed by atoms with Gasteiger partial charge in [-0.25, -0.2) is 0 Å². The first-order valence-corrected chi connectivity index (χ1v) is 6.69. The molecule has 2 atom stereocenters. The van der Waals surface area contributed by atoms with Crippen molar-refractivity contribution in [3.63, 3.8) is 0 Å². The maximum absolute atomic E-state index is 6.29. The maximum Gasteiger partial charge on any atom is 0.0489 e. The highest BCUT2D eigenvalue weighted by molar-refractivity contribution is 6.30. The molecule has 1 fully saturated rings. The summed E-state index contributed by atoms with van der Waals surface area (Å²) >= 11 is 12.2. The lowest BCUT2D eigenvalue weighted by atomic mass is 9.95. The summed E-state index contributed by atoms with van der Waals surface area (Å²) in [7, 11) is 0. The van der Waals surface area contributed by atoms with Gasteiger partial charge in [-0.05, 0) is 30.5 Å². The van der Waals surface area contributed by atoms with Crippen LogP contribution in [0.4, 0.5) is 0 Å². The highest BCUT2D eigenvalue weighted by atomic mass is 35.5. The molecule has 1 N–H and O–H groups in total. The van der Waals surface area contributed by atoms with Gasteiger partial charge in [0.1, 0.15) is 0 Å². The Hall–Kier alpha value is -0.240.